The maximum atomic E-state index is 11.8. The third kappa shape index (κ3) is 2.76. The second-order valence-electron chi connectivity index (χ2n) is 3.47. The fourth-order valence-electron chi connectivity index (χ4n) is 1.55. The molecule has 4 heteroatoms. The highest BCUT2D eigenvalue weighted by molar-refractivity contribution is 5.78. The summed E-state index contributed by atoms with van der Waals surface area (Å²) in [5.41, 5.74) is 0.935. The predicted molar refractivity (Wildman–Crippen MR) is 54.2 cm³/mol. The van der Waals surface area contributed by atoms with Gasteiger partial charge in [-0.2, -0.15) is 0 Å². The lowest BCUT2D eigenvalue weighted by Crippen LogP contribution is -2.41. The lowest BCUT2D eigenvalue weighted by molar-refractivity contribution is -0.134. The van der Waals surface area contributed by atoms with Gasteiger partial charge in [-0.15, -0.1) is 0 Å². The molecule has 1 amide bonds. The maximum Gasteiger partial charge on any atom is 0.227 e. The second kappa shape index (κ2) is 4.89. The number of morpholine rings is 1. The molecular formula is C11H13N2O2. The number of rotatable bonds is 2. The van der Waals surface area contributed by atoms with Crippen molar-refractivity contribution >= 4 is 5.91 Å². The van der Waals surface area contributed by atoms with Gasteiger partial charge < -0.3 is 9.64 Å². The van der Waals surface area contributed by atoms with E-state index in [1.54, 1.807) is 12.3 Å². The molecule has 0 bridgehead atoms. The molecule has 0 spiro atoms. The number of amides is 1. The Bertz CT molecular complexity index is 321. The molecule has 1 aromatic rings. The molecule has 15 heavy (non-hydrogen) atoms. The van der Waals surface area contributed by atoms with E-state index in [-0.39, 0.29) is 5.91 Å². The van der Waals surface area contributed by atoms with Crippen LogP contribution in [0.3, 0.4) is 0 Å². The summed E-state index contributed by atoms with van der Waals surface area (Å²) in [6.07, 6.45) is 4.79. The highest BCUT2D eigenvalue weighted by atomic mass is 16.5. The number of carbonyl (C=O) groups excluding carboxylic acids is 1. The molecule has 1 fully saturated rings. The monoisotopic (exact) mass is 205 g/mol. The van der Waals surface area contributed by atoms with Gasteiger partial charge in [-0.1, -0.05) is 6.07 Å². The van der Waals surface area contributed by atoms with Gasteiger partial charge in [0.15, 0.2) is 0 Å². The summed E-state index contributed by atoms with van der Waals surface area (Å²) >= 11 is 0. The summed E-state index contributed by atoms with van der Waals surface area (Å²) in [7, 11) is 0. The number of hydrogen-bond donors (Lipinski definition) is 0. The fraction of sp³-hybridized carbons (Fsp3) is 0.455. The van der Waals surface area contributed by atoms with Crippen molar-refractivity contribution in [3.63, 3.8) is 0 Å². The van der Waals surface area contributed by atoms with Crippen LogP contribution in [0.1, 0.15) is 5.56 Å². The molecule has 0 aliphatic carbocycles. The van der Waals surface area contributed by atoms with E-state index < -0.39 is 0 Å². The lowest BCUT2D eigenvalue weighted by atomic mass is 10.2. The molecule has 2 rings (SSSR count). The molecule has 0 aromatic carbocycles. The number of pyridine rings is 1. The SMILES string of the molecule is O=C(Cc1cc[c]nc1)N1CCOCC1. The van der Waals surface area contributed by atoms with Crippen LogP contribution in [0.5, 0.6) is 0 Å². The average Bonchev–Trinajstić information content (AvgIpc) is 2.31. The molecule has 4 nitrogen and oxygen atoms in total. The van der Waals surface area contributed by atoms with Crippen molar-refractivity contribution < 1.29 is 9.53 Å². The Hall–Kier alpha value is -1.42. The van der Waals surface area contributed by atoms with Crippen LogP contribution in [-0.2, 0) is 16.0 Å². The van der Waals surface area contributed by atoms with E-state index in [0.29, 0.717) is 32.7 Å². The first-order chi connectivity index (χ1) is 7.36. The van der Waals surface area contributed by atoms with Crippen LogP contribution in [0.25, 0.3) is 0 Å². The minimum absolute atomic E-state index is 0.145. The second-order valence-corrected chi connectivity index (χ2v) is 3.47. The molecule has 2 heterocycles. The average molecular weight is 205 g/mol. The molecule has 1 aliphatic heterocycles. The van der Waals surface area contributed by atoms with Crippen LogP contribution >= 0.6 is 0 Å². The number of ether oxygens (including phenoxy) is 1. The van der Waals surface area contributed by atoms with E-state index >= 15 is 0 Å². The van der Waals surface area contributed by atoms with Crippen LogP contribution in [0.2, 0.25) is 0 Å². The standard InChI is InChI=1S/C11H13N2O2/c14-11(13-4-6-15-7-5-13)8-10-2-1-3-12-9-10/h1-2,9H,4-8H2. The maximum absolute atomic E-state index is 11.8. The number of aromatic nitrogens is 1. The van der Waals surface area contributed by atoms with Crippen molar-refractivity contribution in [2.45, 2.75) is 6.42 Å². The quantitative estimate of drug-likeness (QED) is 0.696. The Labute approximate surface area is 88.9 Å². The van der Waals surface area contributed by atoms with Crippen molar-refractivity contribution in [1.82, 2.24) is 9.88 Å². The first-order valence-corrected chi connectivity index (χ1v) is 5.03. The fourth-order valence-corrected chi connectivity index (χ4v) is 1.55. The molecular weight excluding hydrogens is 192 g/mol. The highest BCUT2D eigenvalue weighted by Gasteiger charge is 2.16. The van der Waals surface area contributed by atoms with E-state index in [9.17, 15) is 4.79 Å². The first kappa shape index (κ1) is 10.1. The van der Waals surface area contributed by atoms with Gasteiger partial charge >= 0.3 is 0 Å². The Morgan fingerprint density at radius 1 is 1.53 bits per heavy atom. The zero-order chi connectivity index (χ0) is 10.5. The van der Waals surface area contributed by atoms with E-state index in [1.807, 2.05) is 11.0 Å². The van der Waals surface area contributed by atoms with Gasteiger partial charge in [0.05, 0.1) is 25.8 Å². The van der Waals surface area contributed by atoms with E-state index in [4.69, 9.17) is 4.74 Å². The topological polar surface area (TPSA) is 42.4 Å². The largest absolute Gasteiger partial charge is 0.378 e. The summed E-state index contributed by atoms with van der Waals surface area (Å²) in [4.78, 5) is 17.5. The zero-order valence-electron chi connectivity index (χ0n) is 8.48. The molecule has 1 aliphatic rings. The summed E-state index contributed by atoms with van der Waals surface area (Å²) in [5.74, 6) is 0.145. The normalized spacial score (nSPS) is 16.4. The minimum atomic E-state index is 0.145. The molecule has 1 aromatic heterocycles. The number of nitrogens with zero attached hydrogens (tertiary/aromatic N) is 2. The predicted octanol–water partition coefficient (Wildman–Crippen LogP) is 0.283. The minimum Gasteiger partial charge on any atom is -0.378 e. The molecule has 0 saturated carbocycles. The third-order valence-electron chi connectivity index (χ3n) is 2.40. The van der Waals surface area contributed by atoms with Crippen molar-refractivity contribution in [3.05, 3.63) is 30.1 Å². The van der Waals surface area contributed by atoms with Gasteiger partial charge in [-0.05, 0) is 11.6 Å². The first-order valence-electron chi connectivity index (χ1n) is 5.03. The molecule has 0 N–H and O–H groups in total. The van der Waals surface area contributed by atoms with Gasteiger partial charge in [0.2, 0.25) is 5.91 Å². The Balaban J connectivity index is 1.91. The van der Waals surface area contributed by atoms with Gasteiger partial charge in [0.1, 0.15) is 0 Å². The summed E-state index contributed by atoms with van der Waals surface area (Å²) in [6.45, 7) is 2.69. The summed E-state index contributed by atoms with van der Waals surface area (Å²) in [6, 6.07) is 3.59. The van der Waals surface area contributed by atoms with Gasteiger partial charge in [-0.3, -0.25) is 9.78 Å². The Morgan fingerprint density at radius 3 is 3.00 bits per heavy atom. The molecule has 1 saturated heterocycles. The van der Waals surface area contributed by atoms with E-state index in [1.165, 1.54) is 0 Å². The van der Waals surface area contributed by atoms with Gasteiger partial charge in [-0.25, -0.2) is 0 Å². The van der Waals surface area contributed by atoms with Crippen LogP contribution < -0.4 is 0 Å². The Kier molecular flexibility index (Phi) is 3.29. The van der Waals surface area contributed by atoms with Crippen LogP contribution in [0, 0.1) is 6.20 Å². The van der Waals surface area contributed by atoms with Crippen molar-refractivity contribution in [3.8, 4) is 0 Å². The van der Waals surface area contributed by atoms with Crippen molar-refractivity contribution in [1.29, 1.82) is 0 Å². The lowest BCUT2D eigenvalue weighted by Gasteiger charge is -2.26. The van der Waals surface area contributed by atoms with Crippen LogP contribution in [0.4, 0.5) is 0 Å². The van der Waals surface area contributed by atoms with Crippen molar-refractivity contribution in [2.75, 3.05) is 26.3 Å². The number of hydrogen-bond acceptors (Lipinski definition) is 3. The third-order valence-corrected chi connectivity index (χ3v) is 2.40. The molecule has 79 valence electrons. The van der Waals surface area contributed by atoms with E-state index in [0.717, 1.165) is 5.56 Å². The zero-order valence-corrected chi connectivity index (χ0v) is 8.48. The highest BCUT2D eigenvalue weighted by Crippen LogP contribution is 2.03. The summed E-state index contributed by atoms with van der Waals surface area (Å²) < 4.78 is 5.19. The van der Waals surface area contributed by atoms with E-state index in [2.05, 4.69) is 11.2 Å². The van der Waals surface area contributed by atoms with Gasteiger partial charge in [0, 0.05) is 19.3 Å². The molecule has 1 radical (unpaired) electrons. The Morgan fingerprint density at radius 2 is 2.33 bits per heavy atom. The molecule has 0 atom stereocenters. The van der Waals surface area contributed by atoms with Crippen molar-refractivity contribution in [2.24, 2.45) is 0 Å². The molecule has 0 unspecified atom stereocenters. The number of carbonyl (C=O) groups is 1. The summed E-state index contributed by atoms with van der Waals surface area (Å²) in [5, 5.41) is 0. The van der Waals surface area contributed by atoms with Crippen LogP contribution in [0.15, 0.2) is 18.3 Å². The van der Waals surface area contributed by atoms with Gasteiger partial charge in [0.25, 0.3) is 0 Å². The van der Waals surface area contributed by atoms with Crippen LogP contribution in [-0.4, -0.2) is 42.1 Å². The smallest absolute Gasteiger partial charge is 0.227 e.